The molecule has 2 aromatic heterocycles. The van der Waals surface area contributed by atoms with Gasteiger partial charge >= 0.3 is 0 Å². The van der Waals surface area contributed by atoms with E-state index >= 15 is 0 Å². The minimum Gasteiger partial charge on any atom is -0.342 e. The van der Waals surface area contributed by atoms with E-state index in [0.717, 1.165) is 28.2 Å². The van der Waals surface area contributed by atoms with Crippen molar-refractivity contribution in [2.45, 2.75) is 18.4 Å². The topological polar surface area (TPSA) is 57.4 Å². The maximum atomic E-state index is 5.07. The summed E-state index contributed by atoms with van der Waals surface area (Å²) in [6.07, 6.45) is 2.77. The summed E-state index contributed by atoms with van der Waals surface area (Å²) in [4.78, 5) is 7.20. The molecule has 0 saturated heterocycles. The van der Waals surface area contributed by atoms with Gasteiger partial charge in [-0.15, -0.1) is 11.8 Å². The molecule has 0 bridgehead atoms. The number of nitrogens with one attached hydrogen (secondary N) is 2. The van der Waals surface area contributed by atoms with Gasteiger partial charge in [0.2, 0.25) is 0 Å². The van der Waals surface area contributed by atoms with Crippen LogP contribution in [0.1, 0.15) is 13.3 Å². The van der Waals surface area contributed by atoms with E-state index in [1.165, 1.54) is 0 Å². The molecule has 0 aliphatic carbocycles. The number of aromatic amines is 2. The number of hydrogen-bond acceptors (Lipinski definition) is 4. The second-order valence-electron chi connectivity index (χ2n) is 2.83. The molecule has 0 unspecified atom stereocenters. The summed E-state index contributed by atoms with van der Waals surface area (Å²) in [7, 11) is 0. The highest BCUT2D eigenvalue weighted by atomic mass is 32.2. The standard InChI is InChI=1S/C8H10N4S2/c1-2-3-14-8-6-5(9-4-10-6)7(13)11-12-8/h4H,2-3H2,1H3,(H,9,10)(H,11,13). The van der Waals surface area contributed by atoms with E-state index in [1.807, 2.05) is 0 Å². The average Bonchev–Trinajstić information content (AvgIpc) is 2.66. The number of imidazole rings is 1. The normalized spacial score (nSPS) is 10.9. The van der Waals surface area contributed by atoms with Crippen LogP contribution in [0.4, 0.5) is 0 Å². The second-order valence-corrected chi connectivity index (χ2v) is 4.32. The van der Waals surface area contributed by atoms with Crippen LogP contribution in [-0.4, -0.2) is 25.9 Å². The van der Waals surface area contributed by atoms with Gasteiger partial charge in [-0.25, -0.2) is 4.98 Å². The summed E-state index contributed by atoms with van der Waals surface area (Å²) < 4.78 is 0.585. The van der Waals surface area contributed by atoms with Gasteiger partial charge in [0.05, 0.1) is 6.33 Å². The van der Waals surface area contributed by atoms with Gasteiger partial charge in [-0.1, -0.05) is 19.1 Å². The Morgan fingerprint density at radius 3 is 3.21 bits per heavy atom. The van der Waals surface area contributed by atoms with Gasteiger partial charge in [0.1, 0.15) is 20.7 Å². The molecular weight excluding hydrogens is 216 g/mol. The van der Waals surface area contributed by atoms with E-state index in [4.69, 9.17) is 12.2 Å². The first-order valence-corrected chi connectivity index (χ1v) is 5.77. The molecule has 2 N–H and O–H groups in total. The van der Waals surface area contributed by atoms with Crippen molar-refractivity contribution >= 4 is 35.0 Å². The minimum absolute atomic E-state index is 0.585. The molecule has 0 fully saturated rings. The molecule has 6 heteroatoms. The third-order valence-corrected chi connectivity index (χ3v) is 3.24. The molecule has 0 radical (unpaired) electrons. The van der Waals surface area contributed by atoms with Gasteiger partial charge in [-0.3, -0.25) is 5.10 Å². The zero-order valence-corrected chi connectivity index (χ0v) is 9.34. The largest absolute Gasteiger partial charge is 0.342 e. The molecule has 0 aliphatic heterocycles. The molecule has 2 rings (SSSR count). The summed E-state index contributed by atoms with van der Waals surface area (Å²) in [5, 5.41) is 7.92. The van der Waals surface area contributed by atoms with Crippen molar-refractivity contribution in [3.63, 3.8) is 0 Å². The Labute approximate surface area is 90.5 Å². The van der Waals surface area contributed by atoms with Crippen LogP contribution in [0.25, 0.3) is 11.0 Å². The highest BCUT2D eigenvalue weighted by Crippen LogP contribution is 2.22. The van der Waals surface area contributed by atoms with Gasteiger partial charge in [-0.05, 0) is 12.2 Å². The molecule has 14 heavy (non-hydrogen) atoms. The molecule has 0 aliphatic rings. The Bertz CT molecular complexity index is 487. The fraction of sp³-hybridized carbons (Fsp3) is 0.375. The summed E-state index contributed by atoms with van der Waals surface area (Å²) in [6.45, 7) is 2.14. The lowest BCUT2D eigenvalue weighted by atomic mass is 10.5. The smallest absolute Gasteiger partial charge is 0.147 e. The molecule has 2 aromatic rings. The van der Waals surface area contributed by atoms with Gasteiger partial charge in [0, 0.05) is 0 Å². The fourth-order valence-electron chi connectivity index (χ4n) is 1.14. The van der Waals surface area contributed by atoms with E-state index in [9.17, 15) is 0 Å². The summed E-state index contributed by atoms with van der Waals surface area (Å²) in [5.74, 6) is 1.05. The number of nitrogens with zero attached hydrogens (tertiary/aromatic N) is 2. The molecular formula is C8H10N4S2. The van der Waals surface area contributed by atoms with Crippen molar-refractivity contribution in [3.05, 3.63) is 11.0 Å². The Morgan fingerprint density at radius 1 is 1.57 bits per heavy atom. The zero-order chi connectivity index (χ0) is 9.97. The third-order valence-electron chi connectivity index (χ3n) is 1.77. The summed E-state index contributed by atoms with van der Waals surface area (Å²) >= 11 is 6.77. The monoisotopic (exact) mass is 226 g/mol. The second kappa shape index (κ2) is 4.10. The highest BCUT2D eigenvalue weighted by molar-refractivity contribution is 7.99. The predicted molar refractivity (Wildman–Crippen MR) is 60.1 cm³/mol. The van der Waals surface area contributed by atoms with E-state index in [-0.39, 0.29) is 0 Å². The van der Waals surface area contributed by atoms with E-state index in [1.54, 1.807) is 18.1 Å². The van der Waals surface area contributed by atoms with Gasteiger partial charge in [-0.2, -0.15) is 5.10 Å². The van der Waals surface area contributed by atoms with Crippen molar-refractivity contribution in [3.8, 4) is 0 Å². The first-order chi connectivity index (χ1) is 6.83. The van der Waals surface area contributed by atoms with Crippen LogP contribution in [0.2, 0.25) is 0 Å². The maximum absolute atomic E-state index is 5.07. The molecule has 2 heterocycles. The first-order valence-electron chi connectivity index (χ1n) is 4.37. The van der Waals surface area contributed by atoms with Crippen molar-refractivity contribution in [2.75, 3.05) is 5.75 Å². The van der Waals surface area contributed by atoms with E-state index in [0.29, 0.717) is 4.64 Å². The quantitative estimate of drug-likeness (QED) is 0.623. The van der Waals surface area contributed by atoms with Gasteiger partial charge < -0.3 is 4.98 Å². The molecule has 0 aromatic carbocycles. The number of aromatic nitrogens is 4. The molecule has 74 valence electrons. The van der Waals surface area contributed by atoms with Crippen LogP contribution in [-0.2, 0) is 0 Å². The van der Waals surface area contributed by atoms with Gasteiger partial charge in [0.15, 0.2) is 0 Å². The highest BCUT2D eigenvalue weighted by Gasteiger charge is 2.06. The van der Waals surface area contributed by atoms with Crippen LogP contribution >= 0.6 is 24.0 Å². The van der Waals surface area contributed by atoms with Crippen LogP contribution in [0.5, 0.6) is 0 Å². The van der Waals surface area contributed by atoms with Crippen LogP contribution in [0.15, 0.2) is 11.4 Å². The number of fused-ring (bicyclic) bond motifs is 1. The molecule has 0 saturated carbocycles. The van der Waals surface area contributed by atoms with Crippen LogP contribution in [0.3, 0.4) is 0 Å². The Balaban J connectivity index is 2.50. The molecule has 0 amide bonds. The fourth-order valence-corrected chi connectivity index (χ4v) is 2.15. The van der Waals surface area contributed by atoms with E-state index < -0.39 is 0 Å². The maximum Gasteiger partial charge on any atom is 0.147 e. The van der Waals surface area contributed by atoms with Crippen molar-refractivity contribution in [1.82, 2.24) is 20.2 Å². The number of thioether (sulfide) groups is 1. The minimum atomic E-state index is 0.585. The van der Waals surface area contributed by atoms with Crippen molar-refractivity contribution < 1.29 is 0 Å². The lowest BCUT2D eigenvalue weighted by Crippen LogP contribution is -1.89. The SMILES string of the molecule is CCCSc1n[nH]c(=S)c2nc[nH]c12. The Hall–Kier alpha value is -0.880. The number of hydrogen-bond donors (Lipinski definition) is 2. The van der Waals surface area contributed by atoms with Crippen molar-refractivity contribution in [1.29, 1.82) is 0 Å². The van der Waals surface area contributed by atoms with Crippen LogP contribution < -0.4 is 0 Å². The average molecular weight is 226 g/mol. The van der Waals surface area contributed by atoms with E-state index in [2.05, 4.69) is 27.1 Å². The molecule has 0 spiro atoms. The number of H-pyrrole nitrogens is 2. The summed E-state index contributed by atoms with van der Waals surface area (Å²) in [5.41, 5.74) is 1.74. The van der Waals surface area contributed by atoms with Crippen molar-refractivity contribution in [2.24, 2.45) is 0 Å². The molecule has 0 atom stereocenters. The van der Waals surface area contributed by atoms with Crippen LogP contribution in [0, 0.1) is 4.64 Å². The van der Waals surface area contributed by atoms with Gasteiger partial charge in [0.25, 0.3) is 0 Å². The number of rotatable bonds is 3. The third kappa shape index (κ3) is 1.67. The predicted octanol–water partition coefficient (Wildman–Crippen LogP) is 2.52. The lowest BCUT2D eigenvalue weighted by Gasteiger charge is -1.99. The lowest BCUT2D eigenvalue weighted by molar-refractivity contribution is 0.937. The zero-order valence-electron chi connectivity index (χ0n) is 7.70. The summed E-state index contributed by atoms with van der Waals surface area (Å²) in [6, 6.07) is 0. The Morgan fingerprint density at radius 2 is 2.43 bits per heavy atom. The molecule has 4 nitrogen and oxygen atoms in total. The first kappa shape index (κ1) is 9.67. The Kier molecular flexibility index (Phi) is 2.83.